The summed E-state index contributed by atoms with van der Waals surface area (Å²) in [6.07, 6.45) is 0.143. The summed E-state index contributed by atoms with van der Waals surface area (Å²) in [6, 6.07) is 17.0. The maximum atomic E-state index is 11.9. The molecule has 0 aliphatic carbocycles. The molecule has 2 aromatic rings. The molecular formula is C17H19NO2. The molecule has 0 spiro atoms. The SMILES string of the molecule is CC(C)Oc1cccc(CNC(=O)c2ccccc2)c1. The number of nitrogens with one attached hydrogen (secondary N) is 1. The summed E-state index contributed by atoms with van der Waals surface area (Å²) in [5, 5.41) is 2.90. The van der Waals surface area contributed by atoms with Crippen molar-refractivity contribution in [3.63, 3.8) is 0 Å². The van der Waals surface area contributed by atoms with Gasteiger partial charge in [0.05, 0.1) is 6.10 Å². The molecule has 0 bridgehead atoms. The van der Waals surface area contributed by atoms with Gasteiger partial charge in [-0.1, -0.05) is 30.3 Å². The van der Waals surface area contributed by atoms with Crippen molar-refractivity contribution in [2.75, 3.05) is 0 Å². The minimum absolute atomic E-state index is 0.0687. The molecule has 0 radical (unpaired) electrons. The summed E-state index contributed by atoms with van der Waals surface area (Å²) in [5.74, 6) is 0.757. The molecule has 3 heteroatoms. The van der Waals surface area contributed by atoms with Gasteiger partial charge in [-0.15, -0.1) is 0 Å². The average molecular weight is 269 g/mol. The molecule has 0 unspecified atom stereocenters. The van der Waals surface area contributed by atoms with E-state index in [-0.39, 0.29) is 12.0 Å². The molecule has 1 amide bonds. The number of hydrogen-bond donors (Lipinski definition) is 1. The predicted octanol–water partition coefficient (Wildman–Crippen LogP) is 3.40. The van der Waals surface area contributed by atoms with Gasteiger partial charge in [0.1, 0.15) is 5.75 Å². The zero-order valence-electron chi connectivity index (χ0n) is 11.8. The molecule has 0 atom stereocenters. The van der Waals surface area contributed by atoms with E-state index in [9.17, 15) is 4.79 Å². The quantitative estimate of drug-likeness (QED) is 0.903. The second-order valence-electron chi connectivity index (χ2n) is 4.86. The van der Waals surface area contributed by atoms with Crippen LogP contribution in [-0.4, -0.2) is 12.0 Å². The molecule has 20 heavy (non-hydrogen) atoms. The third kappa shape index (κ3) is 4.12. The maximum Gasteiger partial charge on any atom is 0.251 e. The second kappa shape index (κ2) is 6.75. The van der Waals surface area contributed by atoms with E-state index in [0.717, 1.165) is 11.3 Å². The Labute approximate surface area is 119 Å². The first-order valence-electron chi connectivity index (χ1n) is 6.74. The molecular weight excluding hydrogens is 250 g/mol. The van der Waals surface area contributed by atoms with Crippen LogP contribution in [0, 0.1) is 0 Å². The van der Waals surface area contributed by atoms with E-state index in [4.69, 9.17) is 4.74 Å². The van der Waals surface area contributed by atoms with Gasteiger partial charge in [0.25, 0.3) is 5.91 Å². The molecule has 1 N–H and O–H groups in total. The minimum Gasteiger partial charge on any atom is -0.491 e. The summed E-state index contributed by atoms with van der Waals surface area (Å²) in [4.78, 5) is 11.9. The average Bonchev–Trinajstić information content (AvgIpc) is 2.45. The molecule has 0 aromatic heterocycles. The van der Waals surface area contributed by atoms with Gasteiger partial charge >= 0.3 is 0 Å². The summed E-state index contributed by atoms with van der Waals surface area (Å²) in [7, 11) is 0. The largest absolute Gasteiger partial charge is 0.491 e. The summed E-state index contributed by atoms with van der Waals surface area (Å²) < 4.78 is 5.63. The van der Waals surface area contributed by atoms with Gasteiger partial charge in [0.15, 0.2) is 0 Å². The highest BCUT2D eigenvalue weighted by Crippen LogP contribution is 2.14. The smallest absolute Gasteiger partial charge is 0.251 e. The molecule has 104 valence electrons. The fourth-order valence-corrected chi connectivity index (χ4v) is 1.87. The van der Waals surface area contributed by atoms with Crippen LogP contribution in [0.2, 0.25) is 0 Å². The van der Waals surface area contributed by atoms with Crippen LogP contribution in [0.4, 0.5) is 0 Å². The van der Waals surface area contributed by atoms with Crippen molar-refractivity contribution in [1.82, 2.24) is 5.32 Å². The highest BCUT2D eigenvalue weighted by atomic mass is 16.5. The fraction of sp³-hybridized carbons (Fsp3) is 0.235. The first-order chi connectivity index (χ1) is 9.65. The van der Waals surface area contributed by atoms with Crippen molar-refractivity contribution < 1.29 is 9.53 Å². The Bertz CT molecular complexity index is 564. The van der Waals surface area contributed by atoms with E-state index in [0.29, 0.717) is 12.1 Å². The van der Waals surface area contributed by atoms with Gasteiger partial charge in [-0.25, -0.2) is 0 Å². The van der Waals surface area contributed by atoms with Crippen LogP contribution in [0.25, 0.3) is 0 Å². The van der Waals surface area contributed by atoms with Crippen LogP contribution in [0.15, 0.2) is 54.6 Å². The van der Waals surface area contributed by atoms with Crippen LogP contribution >= 0.6 is 0 Å². The highest BCUT2D eigenvalue weighted by molar-refractivity contribution is 5.94. The van der Waals surface area contributed by atoms with Gasteiger partial charge in [-0.3, -0.25) is 4.79 Å². The van der Waals surface area contributed by atoms with Crippen molar-refractivity contribution in [2.45, 2.75) is 26.5 Å². The number of hydrogen-bond acceptors (Lipinski definition) is 2. The van der Waals surface area contributed by atoms with Crippen molar-refractivity contribution in [2.24, 2.45) is 0 Å². The molecule has 0 saturated heterocycles. The van der Waals surface area contributed by atoms with Crippen LogP contribution in [0.1, 0.15) is 29.8 Å². The van der Waals surface area contributed by atoms with E-state index in [1.165, 1.54) is 0 Å². The van der Waals surface area contributed by atoms with E-state index < -0.39 is 0 Å². The fourth-order valence-electron chi connectivity index (χ4n) is 1.87. The minimum atomic E-state index is -0.0687. The Hall–Kier alpha value is -2.29. The Kier molecular flexibility index (Phi) is 4.77. The Morgan fingerprint density at radius 1 is 1.10 bits per heavy atom. The number of carbonyl (C=O) groups excluding carboxylic acids is 1. The lowest BCUT2D eigenvalue weighted by atomic mass is 10.2. The van der Waals surface area contributed by atoms with E-state index in [2.05, 4.69) is 5.32 Å². The molecule has 3 nitrogen and oxygen atoms in total. The molecule has 2 aromatic carbocycles. The lowest BCUT2D eigenvalue weighted by molar-refractivity contribution is 0.0951. The standard InChI is InChI=1S/C17H19NO2/c1-13(2)20-16-10-6-7-14(11-16)12-18-17(19)15-8-4-3-5-9-15/h3-11,13H,12H2,1-2H3,(H,18,19). The topological polar surface area (TPSA) is 38.3 Å². The zero-order chi connectivity index (χ0) is 14.4. The number of rotatable bonds is 5. The van der Waals surface area contributed by atoms with Crippen LogP contribution in [0.5, 0.6) is 5.75 Å². The lowest BCUT2D eigenvalue weighted by Gasteiger charge is -2.11. The monoisotopic (exact) mass is 269 g/mol. The van der Waals surface area contributed by atoms with Gasteiger partial charge in [-0.05, 0) is 43.7 Å². The van der Waals surface area contributed by atoms with Gasteiger partial charge in [0, 0.05) is 12.1 Å². The number of amides is 1. The summed E-state index contributed by atoms with van der Waals surface area (Å²) >= 11 is 0. The Balaban J connectivity index is 1.95. The van der Waals surface area contributed by atoms with Crippen LogP contribution in [-0.2, 0) is 6.54 Å². The van der Waals surface area contributed by atoms with Crippen molar-refractivity contribution in [1.29, 1.82) is 0 Å². The van der Waals surface area contributed by atoms with Crippen LogP contribution in [0.3, 0.4) is 0 Å². The molecule has 2 rings (SSSR count). The van der Waals surface area contributed by atoms with Crippen molar-refractivity contribution >= 4 is 5.91 Å². The van der Waals surface area contributed by atoms with Crippen LogP contribution < -0.4 is 10.1 Å². The first-order valence-corrected chi connectivity index (χ1v) is 6.74. The first kappa shape index (κ1) is 14.1. The lowest BCUT2D eigenvalue weighted by Crippen LogP contribution is -2.22. The number of carbonyl (C=O) groups is 1. The third-order valence-electron chi connectivity index (χ3n) is 2.76. The molecule has 0 saturated carbocycles. The molecule has 0 aliphatic rings. The van der Waals surface area contributed by atoms with Crippen molar-refractivity contribution in [3.05, 3.63) is 65.7 Å². The summed E-state index contributed by atoms with van der Waals surface area (Å²) in [6.45, 7) is 4.47. The van der Waals surface area contributed by atoms with Gasteiger partial charge in [-0.2, -0.15) is 0 Å². The Morgan fingerprint density at radius 2 is 1.85 bits per heavy atom. The Morgan fingerprint density at radius 3 is 2.55 bits per heavy atom. The highest BCUT2D eigenvalue weighted by Gasteiger charge is 2.05. The van der Waals surface area contributed by atoms with Crippen molar-refractivity contribution in [3.8, 4) is 5.75 Å². The van der Waals surface area contributed by atoms with Gasteiger partial charge in [0.2, 0.25) is 0 Å². The third-order valence-corrected chi connectivity index (χ3v) is 2.76. The van der Waals surface area contributed by atoms with E-state index >= 15 is 0 Å². The van der Waals surface area contributed by atoms with E-state index in [1.807, 2.05) is 56.3 Å². The predicted molar refractivity (Wildman–Crippen MR) is 79.8 cm³/mol. The molecule has 0 heterocycles. The number of ether oxygens (including phenoxy) is 1. The van der Waals surface area contributed by atoms with Gasteiger partial charge < -0.3 is 10.1 Å². The van der Waals surface area contributed by atoms with E-state index in [1.54, 1.807) is 12.1 Å². The number of benzene rings is 2. The normalized spacial score (nSPS) is 10.3. The maximum absolute atomic E-state index is 11.9. The second-order valence-corrected chi connectivity index (χ2v) is 4.86. The molecule has 0 fully saturated rings. The molecule has 0 aliphatic heterocycles. The zero-order valence-corrected chi connectivity index (χ0v) is 11.8. The summed E-state index contributed by atoms with van der Waals surface area (Å²) in [5.41, 5.74) is 1.69.